The molecule has 7 rings (SSSR count). The van der Waals surface area contributed by atoms with Crippen molar-refractivity contribution in [2.45, 2.75) is 166 Å². The Kier molecular flexibility index (Phi) is 29.9. The fourth-order valence-corrected chi connectivity index (χ4v) is 11.6. The molecule has 3 heterocycles. The third kappa shape index (κ3) is 22.4. The Hall–Kier alpha value is -11.4. The molecule has 0 spiro atoms. The van der Waals surface area contributed by atoms with E-state index < -0.39 is 186 Å². The number of carboxylic acid groups (broad SMARTS) is 1. The lowest BCUT2D eigenvalue weighted by atomic mass is 9.99. The first-order chi connectivity index (χ1) is 50.8. The van der Waals surface area contributed by atoms with Gasteiger partial charge >= 0.3 is 11.9 Å². The minimum Gasteiger partial charge on any atom is -0.497 e. The van der Waals surface area contributed by atoms with Gasteiger partial charge in [-0.3, -0.25) is 9.59 Å². The topological polar surface area (TPSA) is 516 Å². The number of rotatable bonds is 17. The summed E-state index contributed by atoms with van der Waals surface area (Å²) in [5, 5.41) is 176. The number of cyclic esters (lactones) is 1. The fourth-order valence-electron chi connectivity index (χ4n) is 11.6. The molecule has 4 aromatic carbocycles. The third-order valence-electron chi connectivity index (χ3n) is 17.6. The second kappa shape index (κ2) is 38.6. The number of nitrogens with zero attached hydrogens (tertiary/aromatic N) is 11. The number of benzene rings is 4. The average Bonchev–Trinajstić information content (AvgIpc) is 1.63. The van der Waals surface area contributed by atoms with Crippen molar-refractivity contribution in [2.75, 3.05) is 20.2 Å². The maximum atomic E-state index is 15.1. The van der Waals surface area contributed by atoms with Crippen LogP contribution in [-0.4, -0.2) is 256 Å². The summed E-state index contributed by atoms with van der Waals surface area (Å²) in [5.74, 6) is -17.0. The molecular formula is C75H94N12O20. The Morgan fingerprint density at radius 1 is 0.654 bits per heavy atom. The molecule has 0 unspecified atom stereocenters. The number of aromatic amines is 1. The second-order valence-electron chi connectivity index (χ2n) is 26.3. The van der Waals surface area contributed by atoms with Crippen LogP contribution in [0.3, 0.4) is 0 Å². The number of amides is 1. The van der Waals surface area contributed by atoms with Crippen LogP contribution in [-0.2, 0) is 25.5 Å². The predicted molar refractivity (Wildman–Crippen MR) is 406 cm³/mol. The molecule has 5 aromatic rings. The lowest BCUT2D eigenvalue weighted by Gasteiger charge is -2.29. The van der Waals surface area contributed by atoms with Gasteiger partial charge < -0.3 is 96.0 Å². The number of ether oxygens (including phenoxy) is 2. The van der Waals surface area contributed by atoms with Gasteiger partial charge in [-0.2, -0.15) is 0 Å². The van der Waals surface area contributed by atoms with Gasteiger partial charge in [0.2, 0.25) is 65.2 Å². The summed E-state index contributed by atoms with van der Waals surface area (Å²) in [6, 6.07) is 10.8. The summed E-state index contributed by atoms with van der Waals surface area (Å²) in [7, 11) is 1.40. The van der Waals surface area contributed by atoms with E-state index in [0.717, 1.165) is 30.4 Å². The van der Waals surface area contributed by atoms with E-state index in [9.17, 15) is 86.2 Å². The number of carbonyl (C=O) groups excluding carboxylic acids is 2. The van der Waals surface area contributed by atoms with Crippen LogP contribution >= 0.6 is 0 Å². The van der Waals surface area contributed by atoms with Crippen molar-refractivity contribution >= 4 is 99.9 Å². The van der Waals surface area contributed by atoms with Gasteiger partial charge in [0.1, 0.15) is 60.8 Å². The first kappa shape index (κ1) is 82.9. The van der Waals surface area contributed by atoms with Gasteiger partial charge in [-0.25, -0.2) is 54.7 Å². The highest BCUT2D eigenvalue weighted by molar-refractivity contribution is 5.98. The van der Waals surface area contributed by atoms with Gasteiger partial charge in [0.15, 0.2) is 24.2 Å². The standard InChI is InChI=1S/C75H94N12O20/c1-10-19-43-20-14-15-21-44(43)29-32-54(88)81-57-42(8)107-75(105)60(61(90)39(4)5)85-65(94)51(34-38(2)3)80-71(100)72(101)86-66(95)52(35-47-36-76-50-25-17-16-24-49(47)50)79-70(99)58(62(91)46-27-30-48(106-9)31-28-46)84-67(96)53-26-18-33-87(53)73(102)59(63(92)45-22-12-11-13-23-45)82-55(89)37-77-68(97)56(40(6)74(103)104)83-64(93)41(7)78-69(57)98/h10-17,19-25,27-32,36,38-42,51-53,56-63,72,76,90-92,101H,18,26,33-35,37H2,1-9H3,(H,77,97)(H,78,98)(H,79,99)(H,80,100)(H,81,88)(H,82,89)(H,83,93)(H,84,96)(H,85,94)(H,86,95)(H,103,104)/b19-10-,32-29+/t40-,41-,42+,51+,52+,53-,56-,57-,58-,59-,60+,61-,62-,63-,72-/m0/s1. The van der Waals surface area contributed by atoms with Crippen molar-refractivity contribution in [3.63, 3.8) is 0 Å². The zero-order valence-corrected chi connectivity index (χ0v) is 60.4. The highest BCUT2D eigenvalue weighted by Crippen LogP contribution is 2.31. The number of aromatic nitrogens is 1. The Morgan fingerprint density at radius 3 is 1.90 bits per heavy atom. The van der Waals surface area contributed by atoms with Gasteiger partial charge in [0, 0.05) is 36.1 Å². The number of aliphatic carboxylic acids is 1. The molecule has 32 heteroatoms. The molecule has 32 nitrogen and oxygen atoms in total. The summed E-state index contributed by atoms with van der Waals surface area (Å²) in [4.78, 5) is 87.8. The smallest absolute Gasteiger partial charge is 0.334 e. The van der Waals surface area contributed by atoms with Gasteiger partial charge in [0.25, 0.3) is 5.91 Å². The van der Waals surface area contributed by atoms with Crippen molar-refractivity contribution in [3.05, 3.63) is 149 Å². The Labute approximate surface area is 616 Å². The summed E-state index contributed by atoms with van der Waals surface area (Å²) < 4.78 is 11.1. The average molecular weight is 1480 g/mol. The number of aliphatic hydroxyl groups is 14. The molecule has 16 N–H and O–H groups in total. The van der Waals surface area contributed by atoms with E-state index in [2.05, 4.69) is 54.9 Å². The number of aliphatic hydroxyl groups excluding tert-OH is 14. The summed E-state index contributed by atoms with van der Waals surface area (Å²) in [6.45, 7) is 10.4. The van der Waals surface area contributed by atoms with Crippen LogP contribution in [0.2, 0.25) is 0 Å². The van der Waals surface area contributed by atoms with Crippen LogP contribution in [0, 0.1) is 17.8 Å². The van der Waals surface area contributed by atoms with Crippen molar-refractivity contribution in [2.24, 2.45) is 67.7 Å². The van der Waals surface area contributed by atoms with Crippen molar-refractivity contribution < 1.29 is 100 Å². The number of fused-ring (bicyclic) bond motifs is 2. The number of aliphatic imine (C=N–C) groups is 10. The first-order valence-corrected chi connectivity index (χ1v) is 34.5. The first-order valence-electron chi connectivity index (χ1n) is 34.5. The number of allylic oxidation sites excluding steroid dienone is 1. The lowest BCUT2D eigenvalue weighted by Crippen LogP contribution is -2.47. The second-order valence-corrected chi connectivity index (χ2v) is 26.3. The molecule has 0 radical (unpaired) electrons. The lowest BCUT2D eigenvalue weighted by molar-refractivity contribution is -0.153. The molecule has 2 aliphatic rings. The number of para-hydroxylation sites is 1. The summed E-state index contributed by atoms with van der Waals surface area (Å²) in [5.41, 5.74) is 2.57. The van der Waals surface area contributed by atoms with Crippen molar-refractivity contribution in [1.29, 1.82) is 0 Å². The number of hydrogen-bond donors (Lipinski definition) is 16. The maximum Gasteiger partial charge on any atom is 0.334 e. The fraction of sp³-hybridized carbons (Fsp3) is 0.427. The predicted octanol–water partition coefficient (Wildman–Crippen LogP) is 8.50. The van der Waals surface area contributed by atoms with E-state index in [0.29, 0.717) is 27.8 Å². The molecule has 0 aliphatic carbocycles. The summed E-state index contributed by atoms with van der Waals surface area (Å²) in [6.07, 6.45) is -2.42. The van der Waals surface area contributed by atoms with Crippen LogP contribution in [0.25, 0.3) is 23.1 Å². The molecule has 1 saturated heterocycles. The van der Waals surface area contributed by atoms with E-state index in [1.54, 1.807) is 106 Å². The molecule has 1 aromatic heterocycles. The number of H-pyrrole nitrogens is 1. The molecule has 574 valence electrons. The molecule has 0 saturated carbocycles. The molecule has 1 amide bonds. The van der Waals surface area contributed by atoms with E-state index in [4.69, 9.17) is 9.47 Å². The van der Waals surface area contributed by atoms with Crippen LogP contribution in [0.5, 0.6) is 5.75 Å². The van der Waals surface area contributed by atoms with Crippen molar-refractivity contribution in [3.8, 4) is 5.75 Å². The normalized spacial score (nSPS) is 25.0. The number of hydrogen-bond acceptors (Lipinski definition) is 19. The van der Waals surface area contributed by atoms with Gasteiger partial charge in [-0.15, -0.1) is 0 Å². The number of methoxy groups -OCH3 is 1. The maximum absolute atomic E-state index is 15.1. The van der Waals surface area contributed by atoms with E-state index >= 15 is 4.79 Å². The monoisotopic (exact) mass is 1480 g/mol. The highest BCUT2D eigenvalue weighted by Gasteiger charge is 2.42. The molecule has 107 heavy (non-hydrogen) atoms. The minimum atomic E-state index is -2.50. The molecule has 1 fully saturated rings. The van der Waals surface area contributed by atoms with Crippen LogP contribution < -0.4 is 4.74 Å². The highest BCUT2D eigenvalue weighted by atomic mass is 16.5. The van der Waals surface area contributed by atoms with Gasteiger partial charge in [-0.05, 0) is 111 Å². The molecular weight excluding hydrogens is 1390 g/mol. The molecule has 0 bridgehead atoms. The molecule has 2 aliphatic heterocycles. The van der Waals surface area contributed by atoms with Crippen LogP contribution in [0.1, 0.15) is 115 Å². The molecule has 15 atom stereocenters. The number of esters is 1. The zero-order chi connectivity index (χ0) is 78.5. The number of nitrogens with one attached hydrogen (secondary N) is 1. The minimum absolute atomic E-state index is 0.0388. The van der Waals surface area contributed by atoms with Crippen LogP contribution in [0.15, 0.2) is 171 Å². The van der Waals surface area contributed by atoms with Gasteiger partial charge in [-0.1, -0.05) is 125 Å². The number of carboxylic acids is 1. The largest absolute Gasteiger partial charge is 0.497 e. The Balaban J connectivity index is 1.45. The van der Waals surface area contributed by atoms with E-state index in [-0.39, 0.29) is 43.4 Å². The SMILES string of the molecule is C/C=C\c1ccccc1/C=C/C(O)=N[C@@H]1C(O)=N[C@@H](C)C(O)=N[C@@H]([C@H](C)C(=O)O)C(O)=NCC(O)=N[C@@H]([C@@H](O)c2ccccc2)C(=O)N2CCC[C@H]2C(O)=N[C@@H]([C@@H](O)c2ccc(OC)cc2)C(O)=N[C@H](Cc2c[nH]c3ccccc23)C(O)=N[C@@H](O)C(O)=N[C@H](CC(C)C)C(O)=N[C@H]([C@@H](O)C(C)C)C(=O)O[C@@H]1C. The van der Waals surface area contributed by atoms with Crippen molar-refractivity contribution in [1.82, 2.24) is 9.88 Å². The quantitative estimate of drug-likeness (QED) is 0.0235. The third-order valence-corrected chi connectivity index (χ3v) is 17.6. The number of carbonyl (C=O) groups is 3. The zero-order valence-electron chi connectivity index (χ0n) is 60.4. The van der Waals surface area contributed by atoms with Crippen LogP contribution in [0.4, 0.5) is 0 Å². The van der Waals surface area contributed by atoms with E-state index in [1.807, 2.05) is 0 Å². The Bertz CT molecular complexity index is 4260. The Morgan fingerprint density at radius 2 is 1.25 bits per heavy atom. The van der Waals surface area contributed by atoms with Gasteiger partial charge in [0.05, 0.1) is 19.1 Å². The van der Waals surface area contributed by atoms with E-state index in [1.165, 1.54) is 70.4 Å². The summed E-state index contributed by atoms with van der Waals surface area (Å²) >= 11 is 0.